The molecule has 1 amide bonds. The number of methoxy groups -OCH3 is 1. The lowest BCUT2D eigenvalue weighted by molar-refractivity contribution is 0.0391. The highest BCUT2D eigenvalue weighted by atomic mass is 35.5. The van der Waals surface area contributed by atoms with E-state index in [-0.39, 0.29) is 18.0 Å². The molecule has 0 spiro atoms. The molecule has 30 heavy (non-hydrogen) atoms. The molecule has 0 aliphatic carbocycles. The lowest BCUT2D eigenvalue weighted by Crippen LogP contribution is -2.50. The fourth-order valence-electron chi connectivity index (χ4n) is 5.08. The summed E-state index contributed by atoms with van der Waals surface area (Å²) < 4.78 is 7.30. The Hall–Kier alpha value is -2.79. The number of ether oxygens (including phenoxy) is 1. The molecule has 5 rings (SSSR count). The Balaban J connectivity index is 1.58. The number of benzene rings is 2. The summed E-state index contributed by atoms with van der Waals surface area (Å²) in [6.07, 6.45) is 3.83. The number of fused-ring (bicyclic) bond motifs is 4. The summed E-state index contributed by atoms with van der Waals surface area (Å²) in [5, 5.41) is 5.27. The van der Waals surface area contributed by atoms with Gasteiger partial charge in [0.2, 0.25) is 0 Å². The van der Waals surface area contributed by atoms with Crippen molar-refractivity contribution in [3.05, 3.63) is 70.4 Å². The number of piperidine rings is 1. The zero-order chi connectivity index (χ0) is 20.8. The zero-order valence-corrected chi connectivity index (χ0v) is 17.9. The lowest BCUT2D eigenvalue weighted by Gasteiger charge is -2.45. The fourth-order valence-corrected chi connectivity index (χ4v) is 5.36. The van der Waals surface area contributed by atoms with E-state index in [9.17, 15) is 4.79 Å². The number of rotatable bonds is 3. The maximum Gasteiger partial charge on any atom is 0.256 e. The smallest absolute Gasteiger partial charge is 0.256 e. The molecule has 0 unspecified atom stereocenters. The van der Waals surface area contributed by atoms with Crippen molar-refractivity contribution in [3.63, 3.8) is 0 Å². The van der Waals surface area contributed by atoms with E-state index in [2.05, 4.69) is 24.3 Å². The van der Waals surface area contributed by atoms with Crippen molar-refractivity contribution in [1.82, 2.24) is 14.7 Å². The van der Waals surface area contributed by atoms with Gasteiger partial charge in [-0.05, 0) is 37.8 Å². The fraction of sp³-hybridized carbons (Fsp3) is 0.333. The third kappa shape index (κ3) is 2.91. The predicted molar refractivity (Wildman–Crippen MR) is 117 cm³/mol. The van der Waals surface area contributed by atoms with Crippen LogP contribution >= 0.6 is 11.6 Å². The second kappa shape index (κ2) is 7.47. The average molecular weight is 422 g/mol. The molecule has 6 heteroatoms. The van der Waals surface area contributed by atoms with Gasteiger partial charge in [0.1, 0.15) is 5.75 Å². The van der Waals surface area contributed by atoms with Crippen LogP contribution in [0.15, 0.2) is 48.5 Å². The summed E-state index contributed by atoms with van der Waals surface area (Å²) in [5.41, 5.74) is 5.13. The number of hydrogen-bond acceptors (Lipinski definition) is 3. The van der Waals surface area contributed by atoms with Crippen molar-refractivity contribution in [2.75, 3.05) is 7.11 Å². The lowest BCUT2D eigenvalue weighted by atomic mass is 9.81. The van der Waals surface area contributed by atoms with Gasteiger partial charge in [-0.1, -0.05) is 48.0 Å². The molecule has 5 nitrogen and oxygen atoms in total. The van der Waals surface area contributed by atoms with E-state index in [0.29, 0.717) is 16.3 Å². The number of carbonyl (C=O) groups is 1. The van der Waals surface area contributed by atoms with Crippen LogP contribution in [0.1, 0.15) is 46.9 Å². The first-order valence-corrected chi connectivity index (χ1v) is 10.7. The van der Waals surface area contributed by atoms with Crippen molar-refractivity contribution < 1.29 is 9.53 Å². The minimum absolute atomic E-state index is 0.0223. The molecule has 1 fully saturated rings. The molecule has 2 aromatic carbocycles. The van der Waals surface area contributed by atoms with Crippen molar-refractivity contribution in [2.45, 2.75) is 37.8 Å². The van der Waals surface area contributed by atoms with Gasteiger partial charge >= 0.3 is 0 Å². The van der Waals surface area contributed by atoms with Crippen LogP contribution in [0.2, 0.25) is 5.02 Å². The van der Waals surface area contributed by atoms with Gasteiger partial charge in [-0.25, -0.2) is 0 Å². The average Bonchev–Trinajstić information content (AvgIpc) is 3.09. The Labute approximate surface area is 181 Å². The first-order chi connectivity index (χ1) is 14.6. The standard InChI is InChI=1S/C24H24ClN3O2/c1-27-23(15-8-4-3-5-9-15)18-14-16-10-6-12-19(22(18)26-27)28(16)24(29)17-11-7-13-20(30-2)21(17)25/h3-5,7-9,11,13,16,19H,6,10,12,14H2,1-2H3/t16-,19+/m0/s1. The van der Waals surface area contributed by atoms with Gasteiger partial charge in [0.25, 0.3) is 5.91 Å². The quantitative estimate of drug-likeness (QED) is 0.595. The van der Waals surface area contributed by atoms with E-state index in [0.717, 1.165) is 37.1 Å². The van der Waals surface area contributed by atoms with Crippen LogP contribution in [0, 0.1) is 0 Å². The molecule has 154 valence electrons. The van der Waals surface area contributed by atoms with Crippen LogP contribution in [0.3, 0.4) is 0 Å². The van der Waals surface area contributed by atoms with Crippen LogP contribution < -0.4 is 4.74 Å². The maximum atomic E-state index is 13.6. The Morgan fingerprint density at radius 3 is 2.70 bits per heavy atom. The number of amides is 1. The highest BCUT2D eigenvalue weighted by Crippen LogP contribution is 2.45. The Morgan fingerprint density at radius 1 is 1.13 bits per heavy atom. The number of hydrogen-bond donors (Lipinski definition) is 0. The van der Waals surface area contributed by atoms with E-state index < -0.39 is 0 Å². The van der Waals surface area contributed by atoms with Crippen molar-refractivity contribution in [2.24, 2.45) is 7.05 Å². The van der Waals surface area contributed by atoms with Crippen LogP contribution in [0.25, 0.3) is 11.3 Å². The molecular weight excluding hydrogens is 398 g/mol. The molecule has 3 aromatic rings. The zero-order valence-electron chi connectivity index (χ0n) is 17.1. The number of aryl methyl sites for hydroxylation is 1. The largest absolute Gasteiger partial charge is 0.495 e. The first kappa shape index (κ1) is 19.2. The first-order valence-electron chi connectivity index (χ1n) is 10.4. The van der Waals surface area contributed by atoms with Crippen LogP contribution in [-0.2, 0) is 13.5 Å². The molecule has 0 N–H and O–H groups in total. The molecule has 0 radical (unpaired) electrons. The minimum Gasteiger partial charge on any atom is -0.495 e. The summed E-state index contributed by atoms with van der Waals surface area (Å²) in [7, 11) is 3.56. The van der Waals surface area contributed by atoms with E-state index >= 15 is 0 Å². The van der Waals surface area contributed by atoms with Gasteiger partial charge in [0, 0.05) is 24.2 Å². The van der Waals surface area contributed by atoms with Gasteiger partial charge < -0.3 is 9.64 Å². The van der Waals surface area contributed by atoms with Crippen molar-refractivity contribution in [3.8, 4) is 17.0 Å². The third-order valence-corrected chi connectivity index (χ3v) is 6.76. The van der Waals surface area contributed by atoms with Gasteiger partial charge in [0.05, 0.1) is 35.1 Å². The SMILES string of the molecule is COc1cccc(C(=O)N2[C@H]3CCC[C@@H]2c2nn(C)c(-c4ccccc4)c2C3)c1Cl. The van der Waals surface area contributed by atoms with Gasteiger partial charge in [-0.3, -0.25) is 9.48 Å². The molecule has 1 aromatic heterocycles. The normalized spacial score (nSPS) is 20.0. The maximum absolute atomic E-state index is 13.6. The summed E-state index contributed by atoms with van der Waals surface area (Å²) >= 11 is 6.50. The van der Waals surface area contributed by atoms with E-state index in [1.807, 2.05) is 28.8 Å². The number of nitrogens with zero attached hydrogens (tertiary/aromatic N) is 3. The summed E-state index contributed by atoms with van der Waals surface area (Å²) in [6.45, 7) is 0. The molecule has 3 heterocycles. The van der Waals surface area contributed by atoms with Crippen molar-refractivity contribution in [1.29, 1.82) is 0 Å². The summed E-state index contributed by atoms with van der Waals surface area (Å²) in [6, 6.07) is 15.9. The Bertz CT molecular complexity index is 1110. The molecular formula is C24H24ClN3O2. The molecule has 2 aliphatic heterocycles. The van der Waals surface area contributed by atoms with Gasteiger partial charge in [0.15, 0.2) is 0 Å². The second-order valence-corrected chi connectivity index (χ2v) is 8.42. The summed E-state index contributed by atoms with van der Waals surface area (Å²) in [5.74, 6) is 0.487. The van der Waals surface area contributed by atoms with E-state index in [4.69, 9.17) is 21.4 Å². The Morgan fingerprint density at radius 2 is 1.93 bits per heavy atom. The topological polar surface area (TPSA) is 47.4 Å². The van der Waals surface area contributed by atoms with Gasteiger partial charge in [-0.15, -0.1) is 0 Å². The number of halogens is 1. The van der Waals surface area contributed by atoms with E-state index in [1.54, 1.807) is 19.2 Å². The molecule has 2 atom stereocenters. The van der Waals surface area contributed by atoms with E-state index in [1.165, 1.54) is 11.1 Å². The minimum atomic E-state index is -0.0360. The number of aromatic nitrogens is 2. The molecule has 1 saturated heterocycles. The van der Waals surface area contributed by atoms with Crippen LogP contribution in [-0.4, -0.2) is 33.7 Å². The highest BCUT2D eigenvalue weighted by Gasteiger charge is 2.44. The summed E-state index contributed by atoms with van der Waals surface area (Å²) in [4.78, 5) is 15.6. The molecule has 2 bridgehead atoms. The van der Waals surface area contributed by atoms with Crippen molar-refractivity contribution >= 4 is 17.5 Å². The monoisotopic (exact) mass is 421 g/mol. The predicted octanol–water partition coefficient (Wildman–Crippen LogP) is 5.04. The van der Waals surface area contributed by atoms with Crippen LogP contribution in [0.5, 0.6) is 5.75 Å². The highest BCUT2D eigenvalue weighted by molar-refractivity contribution is 6.35. The van der Waals surface area contributed by atoms with Crippen LogP contribution in [0.4, 0.5) is 0 Å². The molecule has 2 aliphatic rings. The second-order valence-electron chi connectivity index (χ2n) is 8.04. The molecule has 0 saturated carbocycles. The van der Waals surface area contributed by atoms with Gasteiger partial charge in [-0.2, -0.15) is 5.10 Å². The number of carbonyl (C=O) groups excluding carboxylic acids is 1. The third-order valence-electron chi connectivity index (χ3n) is 6.37. The Kier molecular flexibility index (Phi) is 4.78.